The first kappa shape index (κ1) is 18.7. The molecule has 0 fully saturated rings. The standard InChI is InChI=1S/C17H23F2N5O/c1-4-20-17(22-11-15-21-9-10-24(15)16(18)19)23(2)12-13-7-5-6-8-14(13)25-3/h5-10,16H,4,11-12H2,1-3H3,(H,20,22). The van der Waals surface area contributed by atoms with Crippen LogP contribution >= 0.6 is 0 Å². The molecule has 0 saturated carbocycles. The fourth-order valence-corrected chi connectivity index (χ4v) is 2.42. The van der Waals surface area contributed by atoms with Gasteiger partial charge in [0.15, 0.2) is 5.96 Å². The van der Waals surface area contributed by atoms with Crippen molar-refractivity contribution in [3.8, 4) is 5.75 Å². The first-order valence-electron chi connectivity index (χ1n) is 7.98. The van der Waals surface area contributed by atoms with E-state index in [1.807, 2.05) is 43.1 Å². The van der Waals surface area contributed by atoms with Crippen LogP contribution in [0.1, 0.15) is 24.9 Å². The lowest BCUT2D eigenvalue weighted by molar-refractivity contribution is 0.0671. The lowest BCUT2D eigenvalue weighted by Crippen LogP contribution is -2.38. The molecule has 0 bridgehead atoms. The van der Waals surface area contributed by atoms with Gasteiger partial charge in [-0.1, -0.05) is 18.2 Å². The number of hydrogen-bond acceptors (Lipinski definition) is 3. The Kier molecular flexibility index (Phi) is 6.73. The SMILES string of the molecule is CCNC(=NCc1nccn1C(F)F)N(C)Cc1ccccc1OC. The van der Waals surface area contributed by atoms with Gasteiger partial charge in [0.05, 0.1) is 7.11 Å². The molecule has 0 spiro atoms. The summed E-state index contributed by atoms with van der Waals surface area (Å²) in [5.41, 5.74) is 1.01. The maximum absolute atomic E-state index is 12.9. The molecule has 0 saturated heterocycles. The van der Waals surface area contributed by atoms with Gasteiger partial charge < -0.3 is 15.0 Å². The highest BCUT2D eigenvalue weighted by Crippen LogP contribution is 2.19. The van der Waals surface area contributed by atoms with Crippen molar-refractivity contribution >= 4 is 5.96 Å². The first-order valence-corrected chi connectivity index (χ1v) is 7.98. The molecule has 0 unspecified atom stereocenters. The third-order valence-electron chi connectivity index (χ3n) is 3.63. The van der Waals surface area contributed by atoms with E-state index in [0.717, 1.165) is 15.9 Å². The van der Waals surface area contributed by atoms with Gasteiger partial charge in [-0.3, -0.25) is 4.57 Å². The molecule has 0 aliphatic carbocycles. The Morgan fingerprint density at radius 1 is 1.40 bits per heavy atom. The van der Waals surface area contributed by atoms with Crippen molar-refractivity contribution in [2.75, 3.05) is 20.7 Å². The monoisotopic (exact) mass is 351 g/mol. The fourth-order valence-electron chi connectivity index (χ4n) is 2.42. The molecule has 25 heavy (non-hydrogen) atoms. The minimum absolute atomic E-state index is 0.0654. The topological polar surface area (TPSA) is 54.7 Å². The number of nitrogens with zero attached hydrogens (tertiary/aromatic N) is 4. The number of hydrogen-bond donors (Lipinski definition) is 1. The molecule has 1 heterocycles. The average Bonchev–Trinajstić information content (AvgIpc) is 3.07. The summed E-state index contributed by atoms with van der Waals surface area (Å²) in [4.78, 5) is 10.3. The maximum atomic E-state index is 12.9. The van der Waals surface area contributed by atoms with Gasteiger partial charge in [-0.2, -0.15) is 8.78 Å². The van der Waals surface area contributed by atoms with E-state index in [1.54, 1.807) is 7.11 Å². The average molecular weight is 351 g/mol. The van der Waals surface area contributed by atoms with Crippen molar-refractivity contribution in [3.63, 3.8) is 0 Å². The Labute approximate surface area is 146 Å². The lowest BCUT2D eigenvalue weighted by Gasteiger charge is -2.23. The van der Waals surface area contributed by atoms with Gasteiger partial charge >= 0.3 is 6.55 Å². The number of halogens is 2. The number of rotatable bonds is 7. The van der Waals surface area contributed by atoms with Crippen LogP contribution in [0.2, 0.25) is 0 Å². The first-order chi connectivity index (χ1) is 12.1. The summed E-state index contributed by atoms with van der Waals surface area (Å²) in [7, 11) is 3.51. The van der Waals surface area contributed by atoms with Crippen LogP contribution in [0.5, 0.6) is 5.75 Å². The van der Waals surface area contributed by atoms with E-state index < -0.39 is 6.55 Å². The number of imidazole rings is 1. The minimum Gasteiger partial charge on any atom is -0.496 e. The molecule has 0 aliphatic rings. The van der Waals surface area contributed by atoms with Crippen LogP contribution in [0.4, 0.5) is 8.78 Å². The van der Waals surface area contributed by atoms with Crippen molar-refractivity contribution in [2.45, 2.75) is 26.6 Å². The Hall–Kier alpha value is -2.64. The van der Waals surface area contributed by atoms with E-state index in [9.17, 15) is 8.78 Å². The number of guanidine groups is 1. The van der Waals surface area contributed by atoms with E-state index in [0.29, 0.717) is 19.0 Å². The minimum atomic E-state index is -2.62. The Morgan fingerprint density at radius 3 is 2.84 bits per heavy atom. The molecular weight excluding hydrogens is 328 g/mol. The molecule has 2 rings (SSSR count). The fraction of sp³-hybridized carbons (Fsp3) is 0.412. The van der Waals surface area contributed by atoms with Gasteiger partial charge in [0.2, 0.25) is 0 Å². The highest BCUT2D eigenvalue weighted by molar-refractivity contribution is 5.79. The molecule has 8 heteroatoms. The van der Waals surface area contributed by atoms with E-state index in [1.165, 1.54) is 12.4 Å². The van der Waals surface area contributed by atoms with Gasteiger partial charge in [-0.15, -0.1) is 0 Å². The molecule has 1 aromatic heterocycles. The molecule has 6 nitrogen and oxygen atoms in total. The van der Waals surface area contributed by atoms with Gasteiger partial charge in [0.1, 0.15) is 18.1 Å². The number of nitrogens with one attached hydrogen (secondary N) is 1. The largest absolute Gasteiger partial charge is 0.496 e. The van der Waals surface area contributed by atoms with Gasteiger partial charge in [-0.05, 0) is 13.0 Å². The summed E-state index contributed by atoms with van der Waals surface area (Å²) in [6.45, 7) is 0.626. The third-order valence-corrected chi connectivity index (χ3v) is 3.63. The molecule has 0 aliphatic heterocycles. The highest BCUT2D eigenvalue weighted by atomic mass is 19.3. The number of benzene rings is 1. The number of ether oxygens (including phenoxy) is 1. The molecule has 0 radical (unpaired) electrons. The van der Waals surface area contributed by atoms with Crippen LogP contribution < -0.4 is 10.1 Å². The summed E-state index contributed by atoms with van der Waals surface area (Å²) < 4.78 is 32.0. The summed E-state index contributed by atoms with van der Waals surface area (Å²) in [6.07, 6.45) is 2.60. The Morgan fingerprint density at radius 2 is 2.16 bits per heavy atom. The second-order valence-electron chi connectivity index (χ2n) is 5.37. The molecule has 1 aromatic carbocycles. The second-order valence-corrected chi connectivity index (χ2v) is 5.37. The predicted octanol–water partition coefficient (Wildman–Crippen LogP) is 2.88. The highest BCUT2D eigenvalue weighted by Gasteiger charge is 2.13. The number of para-hydroxylation sites is 1. The predicted molar refractivity (Wildman–Crippen MR) is 92.8 cm³/mol. The second kappa shape index (κ2) is 9.00. The van der Waals surface area contributed by atoms with Crippen LogP contribution in [-0.2, 0) is 13.1 Å². The zero-order chi connectivity index (χ0) is 18.2. The Balaban J connectivity index is 2.14. The number of alkyl halides is 2. The molecular formula is C17H23F2N5O. The van der Waals surface area contributed by atoms with Crippen LogP contribution in [0.15, 0.2) is 41.7 Å². The van der Waals surface area contributed by atoms with Crippen LogP contribution in [-0.4, -0.2) is 41.1 Å². The quantitative estimate of drug-likeness (QED) is 0.616. The number of methoxy groups -OCH3 is 1. The smallest absolute Gasteiger partial charge is 0.319 e. The molecule has 0 amide bonds. The summed E-state index contributed by atoms with van der Waals surface area (Å²) >= 11 is 0. The van der Waals surface area contributed by atoms with E-state index in [2.05, 4.69) is 15.3 Å². The summed E-state index contributed by atoms with van der Waals surface area (Å²) in [6, 6.07) is 7.72. The van der Waals surface area contributed by atoms with Gasteiger partial charge in [-0.25, -0.2) is 9.98 Å². The molecule has 0 atom stereocenters. The van der Waals surface area contributed by atoms with Crippen molar-refractivity contribution < 1.29 is 13.5 Å². The maximum Gasteiger partial charge on any atom is 0.319 e. The summed E-state index contributed by atoms with van der Waals surface area (Å²) in [5, 5.41) is 3.16. The van der Waals surface area contributed by atoms with Gasteiger partial charge in [0.25, 0.3) is 0 Å². The van der Waals surface area contributed by atoms with Crippen LogP contribution in [0.25, 0.3) is 0 Å². The van der Waals surface area contributed by atoms with Crippen LogP contribution in [0.3, 0.4) is 0 Å². The van der Waals surface area contributed by atoms with Crippen molar-refractivity contribution in [2.24, 2.45) is 4.99 Å². The zero-order valence-corrected chi connectivity index (χ0v) is 14.6. The zero-order valence-electron chi connectivity index (χ0n) is 14.6. The van der Waals surface area contributed by atoms with Gasteiger partial charge in [0, 0.05) is 38.1 Å². The third kappa shape index (κ3) is 4.91. The molecule has 2 aromatic rings. The molecule has 1 N–H and O–H groups in total. The van der Waals surface area contributed by atoms with Crippen molar-refractivity contribution in [3.05, 3.63) is 48.0 Å². The van der Waals surface area contributed by atoms with E-state index in [-0.39, 0.29) is 12.4 Å². The van der Waals surface area contributed by atoms with Crippen molar-refractivity contribution in [1.82, 2.24) is 19.8 Å². The number of aliphatic imine (C=N–C) groups is 1. The van der Waals surface area contributed by atoms with Crippen molar-refractivity contribution in [1.29, 1.82) is 0 Å². The van der Waals surface area contributed by atoms with Crippen LogP contribution in [0, 0.1) is 0 Å². The van der Waals surface area contributed by atoms with E-state index >= 15 is 0 Å². The van der Waals surface area contributed by atoms with E-state index in [4.69, 9.17) is 4.74 Å². The summed E-state index contributed by atoms with van der Waals surface area (Å²) in [5.74, 6) is 1.62. The normalized spacial score (nSPS) is 11.7. The Bertz CT molecular complexity index is 702. The molecule has 136 valence electrons. The number of aromatic nitrogens is 2. The lowest BCUT2D eigenvalue weighted by atomic mass is 10.2.